The van der Waals surface area contributed by atoms with Gasteiger partial charge in [-0.1, -0.05) is 18.6 Å². The topological polar surface area (TPSA) is 24.1 Å². The summed E-state index contributed by atoms with van der Waals surface area (Å²) in [4.78, 5) is 0.981. The van der Waals surface area contributed by atoms with Crippen molar-refractivity contribution in [2.24, 2.45) is 0 Å². The van der Waals surface area contributed by atoms with Gasteiger partial charge in [-0.3, -0.25) is 5.32 Å². The zero-order chi connectivity index (χ0) is 9.53. The molecule has 0 unspecified atom stereocenters. The van der Waals surface area contributed by atoms with E-state index in [9.17, 15) is 0 Å². The van der Waals surface area contributed by atoms with Crippen LogP contribution < -0.4 is 10.6 Å². The van der Waals surface area contributed by atoms with Crippen LogP contribution in [-0.4, -0.2) is 16.2 Å². The Morgan fingerprint density at radius 1 is 1.15 bits per heavy atom. The Bertz CT molecular complexity index is 229. The zero-order valence-electron chi connectivity index (χ0n) is 8.44. The average molecular weight is 198 g/mol. The minimum Gasteiger partial charge on any atom is -0.360 e. The van der Waals surface area contributed by atoms with Crippen LogP contribution >= 0.6 is 12.2 Å². The lowest BCUT2D eigenvalue weighted by Crippen LogP contribution is -2.53. The monoisotopic (exact) mass is 198 g/mol. The van der Waals surface area contributed by atoms with Crippen molar-refractivity contribution in [3.05, 3.63) is 0 Å². The maximum Gasteiger partial charge on any atom is 0.0966 e. The summed E-state index contributed by atoms with van der Waals surface area (Å²) >= 11 is 5.34. The van der Waals surface area contributed by atoms with E-state index in [1.54, 1.807) is 0 Å². The normalized spacial score (nSPS) is 30.5. The Labute approximate surface area is 85.5 Å². The second-order valence-electron chi connectivity index (χ2n) is 4.85. The lowest BCUT2D eigenvalue weighted by Gasteiger charge is -2.35. The van der Waals surface area contributed by atoms with Gasteiger partial charge in [0.05, 0.1) is 16.2 Å². The molecule has 2 N–H and O–H groups in total. The van der Waals surface area contributed by atoms with Gasteiger partial charge in [0.25, 0.3) is 0 Å². The summed E-state index contributed by atoms with van der Waals surface area (Å²) in [7, 11) is 0. The van der Waals surface area contributed by atoms with Gasteiger partial charge < -0.3 is 5.32 Å². The van der Waals surface area contributed by atoms with Gasteiger partial charge in [0.1, 0.15) is 0 Å². The predicted octanol–water partition coefficient (Wildman–Crippen LogP) is 1.95. The molecule has 1 aliphatic carbocycles. The molecule has 0 bridgehead atoms. The SMILES string of the molecule is CC1(C)NC2(CCCCC2)NC1=S. The van der Waals surface area contributed by atoms with E-state index < -0.39 is 0 Å². The van der Waals surface area contributed by atoms with Crippen LogP contribution in [0.4, 0.5) is 0 Å². The molecule has 1 saturated carbocycles. The fraction of sp³-hybridized carbons (Fsp3) is 0.900. The van der Waals surface area contributed by atoms with Gasteiger partial charge in [0.15, 0.2) is 0 Å². The van der Waals surface area contributed by atoms with Crippen molar-refractivity contribution in [2.75, 3.05) is 0 Å². The molecule has 1 heterocycles. The summed E-state index contributed by atoms with van der Waals surface area (Å²) in [5, 5.41) is 7.12. The number of thiocarbonyl (C=S) groups is 1. The average Bonchev–Trinajstić information content (AvgIpc) is 2.23. The molecule has 0 atom stereocenters. The second-order valence-corrected chi connectivity index (χ2v) is 5.26. The standard InChI is InChI=1S/C10H18N2S/c1-9(2)8(13)11-10(12-9)6-4-3-5-7-10/h12H,3-7H2,1-2H3,(H,11,13). The summed E-state index contributed by atoms with van der Waals surface area (Å²) in [5.41, 5.74) is 0.130. The Kier molecular flexibility index (Phi) is 2.11. The van der Waals surface area contributed by atoms with Gasteiger partial charge in [0.2, 0.25) is 0 Å². The van der Waals surface area contributed by atoms with Gasteiger partial charge in [-0.05, 0) is 39.5 Å². The molecule has 0 aromatic heterocycles. The third-order valence-electron chi connectivity index (χ3n) is 3.18. The van der Waals surface area contributed by atoms with Gasteiger partial charge in [-0.15, -0.1) is 0 Å². The van der Waals surface area contributed by atoms with Crippen molar-refractivity contribution in [1.29, 1.82) is 0 Å². The van der Waals surface area contributed by atoms with Crippen LogP contribution in [0, 0.1) is 0 Å². The molecule has 0 radical (unpaired) electrons. The maximum atomic E-state index is 5.34. The fourth-order valence-electron chi connectivity index (χ4n) is 2.47. The summed E-state index contributed by atoms with van der Waals surface area (Å²) in [5.74, 6) is 0. The number of hydrogen-bond donors (Lipinski definition) is 2. The first-order valence-electron chi connectivity index (χ1n) is 5.16. The lowest BCUT2D eigenvalue weighted by molar-refractivity contribution is 0.216. The van der Waals surface area contributed by atoms with Gasteiger partial charge in [-0.2, -0.15) is 0 Å². The fourth-order valence-corrected chi connectivity index (χ4v) is 2.71. The molecule has 13 heavy (non-hydrogen) atoms. The Morgan fingerprint density at radius 2 is 1.77 bits per heavy atom. The highest BCUT2D eigenvalue weighted by atomic mass is 32.1. The van der Waals surface area contributed by atoms with Crippen molar-refractivity contribution in [3.8, 4) is 0 Å². The van der Waals surface area contributed by atoms with Crippen molar-refractivity contribution in [3.63, 3.8) is 0 Å². The molecule has 0 aromatic rings. The Hall–Kier alpha value is -0.150. The predicted molar refractivity (Wildman–Crippen MR) is 58.8 cm³/mol. The number of rotatable bonds is 0. The summed E-state index contributed by atoms with van der Waals surface area (Å²) in [6, 6.07) is 0. The third-order valence-corrected chi connectivity index (χ3v) is 3.79. The van der Waals surface area contributed by atoms with Crippen molar-refractivity contribution in [2.45, 2.75) is 57.2 Å². The van der Waals surface area contributed by atoms with Gasteiger partial charge in [-0.25, -0.2) is 0 Å². The van der Waals surface area contributed by atoms with Crippen LogP contribution in [0.25, 0.3) is 0 Å². The molecular weight excluding hydrogens is 180 g/mol. The molecule has 2 aliphatic rings. The van der Waals surface area contributed by atoms with Gasteiger partial charge in [0, 0.05) is 0 Å². The van der Waals surface area contributed by atoms with Crippen LogP contribution in [0.2, 0.25) is 0 Å². The second kappa shape index (κ2) is 2.92. The van der Waals surface area contributed by atoms with Crippen LogP contribution in [0.5, 0.6) is 0 Å². The van der Waals surface area contributed by atoms with E-state index >= 15 is 0 Å². The molecule has 74 valence electrons. The van der Waals surface area contributed by atoms with E-state index in [-0.39, 0.29) is 11.2 Å². The van der Waals surface area contributed by atoms with E-state index in [0.717, 1.165) is 4.99 Å². The van der Waals surface area contributed by atoms with Gasteiger partial charge >= 0.3 is 0 Å². The highest BCUT2D eigenvalue weighted by Gasteiger charge is 2.45. The first kappa shape index (κ1) is 9.41. The molecule has 3 heteroatoms. The third kappa shape index (κ3) is 1.59. The van der Waals surface area contributed by atoms with Crippen molar-refractivity contribution >= 4 is 17.2 Å². The van der Waals surface area contributed by atoms with E-state index in [2.05, 4.69) is 24.5 Å². The quantitative estimate of drug-likeness (QED) is 0.582. The number of nitrogens with one attached hydrogen (secondary N) is 2. The smallest absolute Gasteiger partial charge is 0.0966 e. The molecule has 1 aliphatic heterocycles. The van der Waals surface area contributed by atoms with Crippen LogP contribution in [-0.2, 0) is 0 Å². The Morgan fingerprint density at radius 3 is 2.23 bits per heavy atom. The largest absolute Gasteiger partial charge is 0.360 e. The van der Waals surface area contributed by atoms with E-state index in [1.807, 2.05) is 0 Å². The summed E-state index contributed by atoms with van der Waals surface area (Å²) in [6.07, 6.45) is 6.45. The molecule has 2 nitrogen and oxygen atoms in total. The maximum absolute atomic E-state index is 5.34. The first-order valence-corrected chi connectivity index (χ1v) is 5.57. The number of hydrogen-bond acceptors (Lipinski definition) is 2. The molecule has 1 spiro atoms. The van der Waals surface area contributed by atoms with E-state index in [0.29, 0.717) is 0 Å². The molecule has 2 fully saturated rings. The highest BCUT2D eigenvalue weighted by Crippen LogP contribution is 2.32. The zero-order valence-corrected chi connectivity index (χ0v) is 9.26. The van der Waals surface area contributed by atoms with E-state index in [1.165, 1.54) is 32.1 Å². The van der Waals surface area contributed by atoms with Crippen molar-refractivity contribution in [1.82, 2.24) is 10.6 Å². The molecule has 0 aromatic carbocycles. The summed E-state index contributed by atoms with van der Waals surface area (Å²) in [6.45, 7) is 4.32. The highest BCUT2D eigenvalue weighted by molar-refractivity contribution is 7.80. The molecule has 0 amide bonds. The molecular formula is C10H18N2S. The minimum atomic E-state index is -0.00727. The van der Waals surface area contributed by atoms with Crippen LogP contribution in [0.3, 0.4) is 0 Å². The lowest BCUT2D eigenvalue weighted by atomic mass is 9.89. The van der Waals surface area contributed by atoms with Crippen LogP contribution in [0.1, 0.15) is 46.0 Å². The first-order chi connectivity index (χ1) is 6.04. The van der Waals surface area contributed by atoms with E-state index in [4.69, 9.17) is 12.2 Å². The summed E-state index contributed by atoms with van der Waals surface area (Å²) < 4.78 is 0. The van der Waals surface area contributed by atoms with Crippen LogP contribution in [0.15, 0.2) is 0 Å². The molecule has 2 rings (SSSR count). The minimum absolute atomic E-state index is 0.00727. The Balaban J connectivity index is 2.14. The van der Waals surface area contributed by atoms with Crippen molar-refractivity contribution < 1.29 is 0 Å². The molecule has 1 saturated heterocycles.